The highest BCUT2D eigenvalue weighted by Crippen LogP contribution is 2.42. The molecule has 0 aliphatic heterocycles. The normalized spacial score (nSPS) is 15.0. The lowest BCUT2D eigenvalue weighted by molar-refractivity contribution is -0.136. The number of pyridine rings is 1. The van der Waals surface area contributed by atoms with Crippen LogP contribution in [0.25, 0.3) is 11.0 Å². The fourth-order valence-corrected chi connectivity index (χ4v) is 5.42. The number of aliphatic hydroxyl groups excluding tert-OH is 1. The van der Waals surface area contributed by atoms with Crippen LogP contribution < -0.4 is 15.4 Å². The van der Waals surface area contributed by atoms with E-state index in [-0.39, 0.29) is 35.2 Å². The Hall–Kier alpha value is -2.81. The molecule has 4 rings (SSSR count). The van der Waals surface area contributed by atoms with E-state index < -0.39 is 48.3 Å². The maximum Gasteiger partial charge on any atom is 0.418 e. The van der Waals surface area contributed by atoms with Gasteiger partial charge < -0.3 is 29.8 Å². The number of fused-ring (bicyclic) bond motifs is 1. The van der Waals surface area contributed by atoms with Gasteiger partial charge in [0.05, 0.1) is 17.6 Å². The molecule has 0 unspecified atom stereocenters. The highest BCUT2D eigenvalue weighted by atomic mass is 32.1. The number of nitrogens with zero attached hydrogens (tertiary/aromatic N) is 2. The molecule has 224 valence electrons. The standard InChI is InChI=1S/C27H33F5N4O3SSi/c1-41(2,3)10-9-38-16-36-13-18(27(30,31)32)22-21(5-8-33-24(22)36)39-23-19(28)11-17(12-20(23)29)35-25(40)34-14-26(15-37)6-4-7-26/h5,8,11-13,37H,4,6-7,9-10,14-16H2,1-3H3,(H2,34,35,40). The number of hydrogen-bond donors (Lipinski definition) is 3. The van der Waals surface area contributed by atoms with Gasteiger partial charge in [0, 0.05) is 56.9 Å². The number of benzene rings is 1. The van der Waals surface area contributed by atoms with Crippen LogP contribution in [-0.4, -0.2) is 47.6 Å². The van der Waals surface area contributed by atoms with Gasteiger partial charge in [0.25, 0.3) is 0 Å². The van der Waals surface area contributed by atoms with Gasteiger partial charge in [0.15, 0.2) is 22.5 Å². The maximum absolute atomic E-state index is 15.0. The smallest absolute Gasteiger partial charge is 0.418 e. The lowest BCUT2D eigenvalue weighted by atomic mass is 9.69. The molecular formula is C27H33F5N4O3SSi. The lowest BCUT2D eigenvalue weighted by Crippen LogP contribution is -2.45. The van der Waals surface area contributed by atoms with Crippen molar-refractivity contribution < 1.29 is 36.5 Å². The molecule has 0 amide bonds. The molecule has 1 saturated carbocycles. The minimum Gasteiger partial charge on any atom is -0.450 e. The number of alkyl halides is 3. The van der Waals surface area contributed by atoms with Gasteiger partial charge in [-0.3, -0.25) is 0 Å². The van der Waals surface area contributed by atoms with Gasteiger partial charge in [-0.1, -0.05) is 26.1 Å². The van der Waals surface area contributed by atoms with E-state index in [1.807, 2.05) is 0 Å². The van der Waals surface area contributed by atoms with Crippen LogP contribution in [0.1, 0.15) is 24.8 Å². The van der Waals surface area contributed by atoms with Gasteiger partial charge in [0.1, 0.15) is 18.1 Å². The topological polar surface area (TPSA) is 80.6 Å². The number of thiocarbonyl (C=S) groups is 1. The average Bonchev–Trinajstić information content (AvgIpc) is 3.23. The van der Waals surface area contributed by atoms with E-state index in [1.165, 1.54) is 10.8 Å². The SMILES string of the molecule is C[Si](C)(C)CCOCn1cc(C(F)(F)F)c2c(Oc3c(F)cc(NC(=S)NCC4(CO)CCC4)cc3F)ccnc21. The molecular weight excluding hydrogens is 583 g/mol. The minimum absolute atomic E-state index is 0.00520. The Kier molecular flexibility index (Phi) is 9.26. The zero-order valence-electron chi connectivity index (χ0n) is 23.0. The van der Waals surface area contributed by atoms with Crippen molar-refractivity contribution in [2.75, 3.05) is 25.1 Å². The molecule has 14 heteroatoms. The van der Waals surface area contributed by atoms with Gasteiger partial charge in [0.2, 0.25) is 0 Å². The molecule has 3 N–H and O–H groups in total. The number of hydrogen-bond acceptors (Lipinski definition) is 5. The first-order valence-corrected chi connectivity index (χ1v) is 17.3. The third-order valence-electron chi connectivity index (χ3n) is 7.09. The second kappa shape index (κ2) is 12.2. The van der Waals surface area contributed by atoms with Crippen molar-refractivity contribution in [3.63, 3.8) is 0 Å². The van der Waals surface area contributed by atoms with Gasteiger partial charge in [-0.25, -0.2) is 13.8 Å². The second-order valence-electron chi connectivity index (χ2n) is 11.6. The summed E-state index contributed by atoms with van der Waals surface area (Å²) in [5, 5.41) is 14.9. The van der Waals surface area contributed by atoms with Crippen LogP contribution in [0.4, 0.5) is 27.6 Å². The number of halogens is 5. The first-order valence-electron chi connectivity index (χ1n) is 13.2. The first-order chi connectivity index (χ1) is 19.2. The number of aliphatic hydroxyl groups is 1. The molecule has 0 saturated heterocycles. The van der Waals surface area contributed by atoms with E-state index >= 15 is 8.78 Å². The largest absolute Gasteiger partial charge is 0.450 e. The minimum atomic E-state index is -4.79. The molecule has 1 aromatic carbocycles. The third kappa shape index (κ3) is 7.53. The number of nitrogens with one attached hydrogen (secondary N) is 2. The number of rotatable bonds is 11. The molecule has 2 heterocycles. The molecule has 41 heavy (non-hydrogen) atoms. The summed E-state index contributed by atoms with van der Waals surface area (Å²) in [5.74, 6) is -3.57. The van der Waals surface area contributed by atoms with Crippen molar-refractivity contribution in [2.24, 2.45) is 5.41 Å². The maximum atomic E-state index is 15.0. The van der Waals surface area contributed by atoms with Crippen LogP contribution in [0.15, 0.2) is 30.6 Å². The summed E-state index contributed by atoms with van der Waals surface area (Å²) in [5.41, 5.74) is -1.43. The average molecular weight is 617 g/mol. The fourth-order valence-electron chi connectivity index (χ4n) is 4.48. The fraction of sp³-hybridized carbons (Fsp3) is 0.481. The summed E-state index contributed by atoms with van der Waals surface area (Å²) in [4.78, 5) is 4.07. The van der Waals surface area contributed by atoms with Gasteiger partial charge in [-0.05, 0) is 37.2 Å². The zero-order valence-corrected chi connectivity index (χ0v) is 24.8. The molecule has 0 radical (unpaired) electrons. The highest BCUT2D eigenvalue weighted by molar-refractivity contribution is 7.80. The summed E-state index contributed by atoms with van der Waals surface area (Å²) in [6.45, 7) is 7.08. The summed E-state index contributed by atoms with van der Waals surface area (Å²) < 4.78 is 84.3. The van der Waals surface area contributed by atoms with Crippen LogP contribution in [0, 0.1) is 17.0 Å². The van der Waals surface area contributed by atoms with Gasteiger partial charge >= 0.3 is 6.18 Å². The lowest BCUT2D eigenvalue weighted by Gasteiger charge is -2.40. The summed E-state index contributed by atoms with van der Waals surface area (Å²) >= 11 is 5.20. The Morgan fingerprint density at radius 2 is 1.88 bits per heavy atom. The van der Waals surface area contributed by atoms with E-state index in [0.29, 0.717) is 13.2 Å². The Morgan fingerprint density at radius 1 is 1.20 bits per heavy atom. The van der Waals surface area contributed by atoms with Crippen molar-refractivity contribution in [2.45, 2.75) is 57.9 Å². The van der Waals surface area contributed by atoms with E-state index in [1.54, 1.807) is 0 Å². The van der Waals surface area contributed by atoms with E-state index in [2.05, 4.69) is 35.3 Å². The highest BCUT2D eigenvalue weighted by Gasteiger charge is 2.37. The molecule has 2 aromatic heterocycles. The Morgan fingerprint density at radius 3 is 2.44 bits per heavy atom. The van der Waals surface area contributed by atoms with Crippen LogP contribution in [0.5, 0.6) is 11.5 Å². The molecule has 0 atom stereocenters. The van der Waals surface area contributed by atoms with Crippen molar-refractivity contribution >= 4 is 42.1 Å². The number of aromatic nitrogens is 2. The van der Waals surface area contributed by atoms with Crippen LogP contribution in [0.2, 0.25) is 25.7 Å². The van der Waals surface area contributed by atoms with Gasteiger partial charge in [-0.15, -0.1) is 0 Å². The Balaban J connectivity index is 1.54. The molecule has 7 nitrogen and oxygen atoms in total. The molecule has 0 bridgehead atoms. The summed E-state index contributed by atoms with van der Waals surface area (Å²) in [7, 11) is -1.41. The molecule has 1 aliphatic carbocycles. The first kappa shape index (κ1) is 31.1. The van der Waals surface area contributed by atoms with Gasteiger partial charge in [-0.2, -0.15) is 13.2 Å². The molecule has 1 fully saturated rings. The predicted molar refractivity (Wildman–Crippen MR) is 153 cm³/mol. The summed E-state index contributed by atoms with van der Waals surface area (Å²) in [6, 6.07) is 3.81. The van der Waals surface area contributed by atoms with E-state index in [9.17, 15) is 18.3 Å². The molecule has 0 spiro atoms. The Bertz CT molecular complexity index is 1380. The summed E-state index contributed by atoms with van der Waals surface area (Å²) in [6.07, 6.45) is -0.0232. The quantitative estimate of drug-likeness (QED) is 0.0938. The van der Waals surface area contributed by atoms with E-state index in [4.69, 9.17) is 21.7 Å². The monoisotopic (exact) mass is 616 g/mol. The number of ether oxygens (including phenoxy) is 2. The number of anilines is 1. The van der Waals surface area contributed by atoms with Crippen molar-refractivity contribution in [3.05, 3.63) is 47.8 Å². The molecule has 3 aromatic rings. The van der Waals surface area contributed by atoms with Crippen LogP contribution in [0.3, 0.4) is 0 Å². The molecule has 1 aliphatic rings. The van der Waals surface area contributed by atoms with Crippen molar-refractivity contribution in [1.29, 1.82) is 0 Å². The second-order valence-corrected chi connectivity index (χ2v) is 17.6. The van der Waals surface area contributed by atoms with Crippen LogP contribution >= 0.6 is 12.2 Å². The van der Waals surface area contributed by atoms with Crippen molar-refractivity contribution in [1.82, 2.24) is 14.9 Å². The van der Waals surface area contributed by atoms with Crippen LogP contribution in [-0.2, 0) is 17.6 Å². The predicted octanol–water partition coefficient (Wildman–Crippen LogP) is 6.89. The zero-order chi connectivity index (χ0) is 30.0. The third-order valence-corrected chi connectivity index (χ3v) is 9.04. The van der Waals surface area contributed by atoms with E-state index in [0.717, 1.165) is 49.7 Å². The Labute approximate surface area is 241 Å². The van der Waals surface area contributed by atoms with Crippen molar-refractivity contribution in [3.8, 4) is 11.5 Å².